The molecule has 6 nitrogen and oxygen atoms in total. The highest BCUT2D eigenvalue weighted by molar-refractivity contribution is 5.93. The van der Waals surface area contributed by atoms with Gasteiger partial charge in [-0.1, -0.05) is 63.9 Å². The number of nitrogens with zero attached hydrogens (tertiary/aromatic N) is 4. The van der Waals surface area contributed by atoms with Gasteiger partial charge >= 0.3 is 5.97 Å². The number of carboxylic acid groups (broad SMARTS) is 1. The van der Waals surface area contributed by atoms with Crippen molar-refractivity contribution < 1.29 is 9.90 Å². The fraction of sp³-hybridized carbons (Fsp3) is 0.440. The highest BCUT2D eigenvalue weighted by Crippen LogP contribution is 2.23. The summed E-state index contributed by atoms with van der Waals surface area (Å²) in [6, 6.07) is 11.5. The van der Waals surface area contributed by atoms with Gasteiger partial charge in [-0.15, -0.1) is 0 Å². The number of aromatic carboxylic acids is 1. The van der Waals surface area contributed by atoms with Gasteiger partial charge in [-0.2, -0.15) is 5.10 Å². The molecule has 0 aliphatic carbocycles. The molecule has 0 fully saturated rings. The third-order valence-corrected chi connectivity index (χ3v) is 5.35. The van der Waals surface area contributed by atoms with Crippen molar-refractivity contribution in [1.82, 2.24) is 19.7 Å². The molecule has 0 saturated heterocycles. The van der Waals surface area contributed by atoms with Crippen LogP contribution in [0.5, 0.6) is 0 Å². The van der Waals surface area contributed by atoms with E-state index >= 15 is 0 Å². The van der Waals surface area contributed by atoms with Crippen molar-refractivity contribution in [3.8, 4) is 11.1 Å². The van der Waals surface area contributed by atoms with E-state index in [9.17, 15) is 9.90 Å². The zero-order chi connectivity index (χ0) is 22.2. The molecule has 1 aromatic carbocycles. The maximum Gasteiger partial charge on any atom is 0.355 e. The summed E-state index contributed by atoms with van der Waals surface area (Å²) >= 11 is 0. The first kappa shape index (κ1) is 22.7. The molecule has 1 N–H and O–H groups in total. The summed E-state index contributed by atoms with van der Waals surface area (Å²) in [6.45, 7) is 7.54. The summed E-state index contributed by atoms with van der Waals surface area (Å²) < 4.78 is 2.07. The smallest absolute Gasteiger partial charge is 0.355 e. The fourth-order valence-electron chi connectivity index (χ4n) is 3.56. The van der Waals surface area contributed by atoms with E-state index in [1.807, 2.05) is 24.3 Å². The normalized spacial score (nSPS) is 11.2. The standard InChI is InChI=1S/C25H32N4O2/c1-4-5-6-16-29-23(27-22(28-29)14-9-18(2)3)17-19-10-12-20(13-11-19)21-8-7-15-26-24(21)25(30)31/h7-8,10-13,15,18H,4-6,9,14,16-17H2,1-3H3,(H,30,31). The van der Waals surface area contributed by atoms with E-state index in [0.717, 1.165) is 48.6 Å². The number of pyridine rings is 1. The summed E-state index contributed by atoms with van der Waals surface area (Å²) in [6.07, 6.45) is 7.68. The van der Waals surface area contributed by atoms with Gasteiger partial charge in [0.15, 0.2) is 11.5 Å². The number of benzene rings is 1. The SMILES string of the molecule is CCCCCn1nc(CCC(C)C)nc1Cc1ccc(-c2cccnc2C(=O)O)cc1. The zero-order valence-corrected chi connectivity index (χ0v) is 18.7. The summed E-state index contributed by atoms with van der Waals surface area (Å²) in [5.41, 5.74) is 2.67. The Morgan fingerprint density at radius 1 is 1.13 bits per heavy atom. The Morgan fingerprint density at radius 2 is 1.90 bits per heavy atom. The van der Waals surface area contributed by atoms with Crippen LogP contribution >= 0.6 is 0 Å². The van der Waals surface area contributed by atoms with Crippen LogP contribution in [-0.2, 0) is 19.4 Å². The molecule has 0 saturated carbocycles. The van der Waals surface area contributed by atoms with Gasteiger partial charge in [0.2, 0.25) is 0 Å². The molecule has 0 amide bonds. The maximum atomic E-state index is 11.5. The molecule has 0 atom stereocenters. The molecule has 31 heavy (non-hydrogen) atoms. The minimum Gasteiger partial charge on any atom is -0.476 e. The lowest BCUT2D eigenvalue weighted by molar-refractivity contribution is 0.0691. The lowest BCUT2D eigenvalue weighted by Crippen LogP contribution is -2.07. The van der Waals surface area contributed by atoms with Gasteiger partial charge in [-0.25, -0.2) is 19.4 Å². The van der Waals surface area contributed by atoms with E-state index < -0.39 is 5.97 Å². The molecule has 0 aliphatic rings. The van der Waals surface area contributed by atoms with Crippen LogP contribution in [0, 0.1) is 5.92 Å². The van der Waals surface area contributed by atoms with Crippen LogP contribution in [0.1, 0.15) is 74.2 Å². The maximum absolute atomic E-state index is 11.5. The van der Waals surface area contributed by atoms with Gasteiger partial charge in [-0.05, 0) is 36.0 Å². The van der Waals surface area contributed by atoms with Gasteiger partial charge in [0.05, 0.1) is 0 Å². The summed E-state index contributed by atoms with van der Waals surface area (Å²) in [4.78, 5) is 20.3. The van der Waals surface area contributed by atoms with Crippen LogP contribution in [0.25, 0.3) is 11.1 Å². The van der Waals surface area contributed by atoms with E-state index in [1.54, 1.807) is 12.1 Å². The molecular formula is C25H32N4O2. The Hall–Kier alpha value is -3.02. The minimum atomic E-state index is -1.02. The van der Waals surface area contributed by atoms with Crippen LogP contribution in [0.3, 0.4) is 0 Å². The molecule has 164 valence electrons. The van der Waals surface area contributed by atoms with Crippen molar-refractivity contribution in [1.29, 1.82) is 0 Å². The summed E-state index contributed by atoms with van der Waals surface area (Å²) in [7, 11) is 0. The average molecular weight is 421 g/mol. The van der Waals surface area contributed by atoms with Gasteiger partial charge in [0, 0.05) is 31.1 Å². The first-order valence-corrected chi connectivity index (χ1v) is 11.2. The predicted molar refractivity (Wildman–Crippen MR) is 122 cm³/mol. The molecular weight excluding hydrogens is 388 g/mol. The number of unbranched alkanes of at least 4 members (excludes halogenated alkanes) is 2. The Morgan fingerprint density at radius 3 is 2.58 bits per heavy atom. The zero-order valence-electron chi connectivity index (χ0n) is 18.7. The number of carboxylic acids is 1. The van der Waals surface area contributed by atoms with Gasteiger partial charge in [0.25, 0.3) is 0 Å². The summed E-state index contributed by atoms with van der Waals surface area (Å²) in [5, 5.41) is 14.2. The highest BCUT2D eigenvalue weighted by atomic mass is 16.4. The lowest BCUT2D eigenvalue weighted by atomic mass is 10.0. The van der Waals surface area contributed by atoms with Gasteiger partial charge in [-0.3, -0.25) is 0 Å². The number of aromatic nitrogens is 4. The molecule has 0 unspecified atom stereocenters. The van der Waals surface area contributed by atoms with Crippen molar-refractivity contribution in [2.24, 2.45) is 5.92 Å². The molecule has 6 heteroatoms. The van der Waals surface area contributed by atoms with Crippen LogP contribution in [-0.4, -0.2) is 30.8 Å². The van der Waals surface area contributed by atoms with Crippen LogP contribution in [0.4, 0.5) is 0 Å². The second kappa shape index (κ2) is 10.8. The number of hydrogen-bond acceptors (Lipinski definition) is 4. The van der Waals surface area contributed by atoms with Gasteiger partial charge < -0.3 is 5.11 Å². The lowest BCUT2D eigenvalue weighted by Gasteiger charge is -2.08. The van der Waals surface area contributed by atoms with Crippen LogP contribution < -0.4 is 0 Å². The summed E-state index contributed by atoms with van der Waals surface area (Å²) in [5.74, 6) is 1.54. The van der Waals surface area contributed by atoms with Crippen LogP contribution in [0.15, 0.2) is 42.6 Å². The average Bonchev–Trinajstić information content (AvgIpc) is 3.14. The van der Waals surface area contributed by atoms with E-state index in [2.05, 4.69) is 30.4 Å². The monoisotopic (exact) mass is 420 g/mol. The number of hydrogen-bond donors (Lipinski definition) is 1. The molecule has 0 aliphatic heterocycles. The second-order valence-corrected chi connectivity index (χ2v) is 8.39. The minimum absolute atomic E-state index is 0.0701. The van der Waals surface area contributed by atoms with E-state index in [-0.39, 0.29) is 5.69 Å². The highest BCUT2D eigenvalue weighted by Gasteiger charge is 2.14. The Kier molecular flexibility index (Phi) is 7.93. The van der Waals surface area contributed by atoms with Crippen molar-refractivity contribution in [2.75, 3.05) is 0 Å². The van der Waals surface area contributed by atoms with Crippen LogP contribution in [0.2, 0.25) is 0 Å². The largest absolute Gasteiger partial charge is 0.476 e. The van der Waals surface area contributed by atoms with E-state index in [0.29, 0.717) is 17.9 Å². The van der Waals surface area contributed by atoms with Crippen molar-refractivity contribution >= 4 is 5.97 Å². The van der Waals surface area contributed by atoms with E-state index in [1.165, 1.54) is 19.0 Å². The molecule has 2 heterocycles. The fourth-order valence-corrected chi connectivity index (χ4v) is 3.56. The van der Waals surface area contributed by atoms with Gasteiger partial charge in [0.1, 0.15) is 5.82 Å². The number of aryl methyl sites for hydroxylation is 2. The third kappa shape index (κ3) is 6.23. The van der Waals surface area contributed by atoms with E-state index in [4.69, 9.17) is 10.1 Å². The molecule has 0 bridgehead atoms. The Balaban J connectivity index is 1.79. The molecule has 0 radical (unpaired) electrons. The Labute approximate surface area is 184 Å². The first-order chi connectivity index (χ1) is 15.0. The third-order valence-electron chi connectivity index (χ3n) is 5.35. The Bertz CT molecular complexity index is 993. The molecule has 0 spiro atoms. The quantitative estimate of drug-likeness (QED) is 0.420. The first-order valence-electron chi connectivity index (χ1n) is 11.2. The topological polar surface area (TPSA) is 80.9 Å². The predicted octanol–water partition coefficient (Wildman–Crippen LogP) is 5.41. The molecule has 2 aromatic heterocycles. The van der Waals surface area contributed by atoms with Crippen molar-refractivity contribution in [3.05, 3.63) is 65.5 Å². The van der Waals surface area contributed by atoms with Crippen molar-refractivity contribution in [2.45, 2.75) is 65.8 Å². The molecule has 3 rings (SSSR count). The van der Waals surface area contributed by atoms with Crippen molar-refractivity contribution in [3.63, 3.8) is 0 Å². The second-order valence-electron chi connectivity index (χ2n) is 8.39. The number of rotatable bonds is 11. The number of carbonyl (C=O) groups is 1. The molecule has 3 aromatic rings.